The average Bonchev–Trinajstić information content (AvgIpc) is 2.61. The van der Waals surface area contributed by atoms with Crippen LogP contribution in [-0.4, -0.2) is 27.6 Å². The molecule has 2 rings (SSSR count). The van der Waals surface area contributed by atoms with Gasteiger partial charge in [0.15, 0.2) is 11.4 Å². The lowest BCUT2D eigenvalue weighted by Gasteiger charge is -2.13. The number of amides is 1. The van der Waals surface area contributed by atoms with Crippen LogP contribution in [0.5, 0.6) is 5.75 Å². The van der Waals surface area contributed by atoms with Gasteiger partial charge in [0.1, 0.15) is 5.82 Å². The Morgan fingerprint density at radius 1 is 1.28 bits per heavy atom. The molecule has 0 saturated carbocycles. The second kappa shape index (κ2) is 9.10. The van der Waals surface area contributed by atoms with Gasteiger partial charge in [-0.2, -0.15) is 0 Å². The summed E-state index contributed by atoms with van der Waals surface area (Å²) in [6.07, 6.45) is 2.16. The van der Waals surface area contributed by atoms with Gasteiger partial charge in [0.25, 0.3) is 5.91 Å². The monoisotopic (exact) mass is 348 g/mol. The predicted molar refractivity (Wildman–Crippen MR) is 89.3 cm³/mol. The van der Waals surface area contributed by atoms with Crippen LogP contribution in [0, 0.1) is 5.82 Å². The zero-order valence-electron chi connectivity index (χ0n) is 14.0. The van der Waals surface area contributed by atoms with Gasteiger partial charge in [-0.25, -0.2) is 9.37 Å². The fourth-order valence-electron chi connectivity index (χ4n) is 2.23. The predicted octanol–water partition coefficient (Wildman–Crippen LogP) is 2.28. The number of hydrogen-bond donors (Lipinski definition) is 3. The third kappa shape index (κ3) is 4.98. The number of aliphatic hydroxyl groups is 1. The summed E-state index contributed by atoms with van der Waals surface area (Å²) in [6, 6.07) is 5.90. The quantitative estimate of drug-likeness (QED) is 0.681. The van der Waals surface area contributed by atoms with Crippen molar-refractivity contribution in [1.29, 1.82) is 0 Å². The molecule has 0 aliphatic heterocycles. The molecule has 0 spiro atoms. The van der Waals surface area contributed by atoms with E-state index in [-0.39, 0.29) is 36.0 Å². The Hall–Kier alpha value is -2.51. The largest absolute Gasteiger partial charge is 0.505 e. The van der Waals surface area contributed by atoms with Crippen LogP contribution < -0.4 is 5.32 Å². The van der Waals surface area contributed by atoms with Gasteiger partial charge in [0, 0.05) is 23.9 Å². The van der Waals surface area contributed by atoms with Gasteiger partial charge in [-0.3, -0.25) is 4.79 Å². The highest BCUT2D eigenvalue weighted by Gasteiger charge is 2.18. The van der Waals surface area contributed by atoms with Crippen LogP contribution >= 0.6 is 0 Å². The number of carbonyl (C=O) groups excluding carboxylic acids is 1. The Labute approximate surface area is 145 Å². The Bertz CT molecular complexity index is 720. The average molecular weight is 348 g/mol. The third-order valence-corrected chi connectivity index (χ3v) is 3.60. The Kier molecular flexibility index (Phi) is 6.85. The van der Waals surface area contributed by atoms with Crippen molar-refractivity contribution in [3.8, 4) is 5.75 Å². The van der Waals surface area contributed by atoms with Crippen LogP contribution in [0.15, 0.2) is 30.5 Å². The number of ether oxygens (including phenoxy) is 1. The number of halogens is 1. The molecule has 0 unspecified atom stereocenters. The Morgan fingerprint density at radius 3 is 2.64 bits per heavy atom. The number of carbonyl (C=O) groups is 1. The van der Waals surface area contributed by atoms with Crippen molar-refractivity contribution in [2.45, 2.75) is 33.2 Å². The first-order valence-electron chi connectivity index (χ1n) is 7.97. The zero-order valence-corrected chi connectivity index (χ0v) is 14.0. The van der Waals surface area contributed by atoms with Crippen molar-refractivity contribution < 1.29 is 24.1 Å². The number of hydrogen-bond acceptors (Lipinski definition) is 5. The van der Waals surface area contributed by atoms with Gasteiger partial charge >= 0.3 is 0 Å². The van der Waals surface area contributed by atoms with Crippen LogP contribution in [0.3, 0.4) is 0 Å². The minimum absolute atomic E-state index is 0.0880. The molecule has 6 nitrogen and oxygen atoms in total. The first kappa shape index (κ1) is 18.8. The zero-order chi connectivity index (χ0) is 18.2. The third-order valence-electron chi connectivity index (χ3n) is 3.60. The van der Waals surface area contributed by atoms with E-state index in [1.54, 1.807) is 12.1 Å². The molecule has 0 bridgehead atoms. The maximum atomic E-state index is 12.9. The summed E-state index contributed by atoms with van der Waals surface area (Å²) in [7, 11) is 0. The molecule has 134 valence electrons. The van der Waals surface area contributed by atoms with Gasteiger partial charge in [-0.05, 0) is 24.1 Å². The molecule has 0 atom stereocenters. The van der Waals surface area contributed by atoms with E-state index in [1.807, 2.05) is 6.92 Å². The van der Waals surface area contributed by atoms with Gasteiger partial charge in [0.05, 0.1) is 19.8 Å². The molecule has 0 aliphatic rings. The topological polar surface area (TPSA) is 91.7 Å². The Balaban J connectivity index is 2.06. The number of pyridine rings is 1. The van der Waals surface area contributed by atoms with Crippen molar-refractivity contribution in [1.82, 2.24) is 10.3 Å². The van der Waals surface area contributed by atoms with Gasteiger partial charge < -0.3 is 20.3 Å². The molecule has 7 heteroatoms. The number of nitrogens with zero attached hydrogens (tertiary/aromatic N) is 1. The second-order valence-electron chi connectivity index (χ2n) is 5.49. The summed E-state index contributed by atoms with van der Waals surface area (Å²) < 4.78 is 18.4. The highest BCUT2D eigenvalue weighted by atomic mass is 19.1. The molecule has 1 amide bonds. The van der Waals surface area contributed by atoms with Gasteiger partial charge in [-0.15, -0.1) is 0 Å². The minimum atomic E-state index is -0.493. The lowest BCUT2D eigenvalue weighted by Crippen LogP contribution is -2.25. The molecular formula is C18H21FN2O4. The lowest BCUT2D eigenvalue weighted by atomic mass is 10.1. The molecule has 0 saturated heterocycles. The highest BCUT2D eigenvalue weighted by Crippen LogP contribution is 2.25. The molecular weight excluding hydrogens is 327 g/mol. The molecule has 1 aromatic heterocycles. The molecule has 2 aromatic rings. The smallest absolute Gasteiger partial charge is 0.273 e. The number of aliphatic hydroxyl groups excluding tert-OH is 1. The summed E-state index contributed by atoms with van der Waals surface area (Å²) in [4.78, 5) is 15.9. The van der Waals surface area contributed by atoms with Crippen molar-refractivity contribution in [3.63, 3.8) is 0 Å². The summed E-state index contributed by atoms with van der Waals surface area (Å²) in [5.74, 6) is -1.16. The second-order valence-corrected chi connectivity index (χ2v) is 5.49. The summed E-state index contributed by atoms with van der Waals surface area (Å²) in [5, 5.41) is 22.3. The van der Waals surface area contributed by atoms with Crippen LogP contribution in [0.25, 0.3) is 0 Å². The molecule has 0 radical (unpaired) electrons. The van der Waals surface area contributed by atoms with E-state index in [0.29, 0.717) is 12.1 Å². The number of aromatic hydroxyl groups is 1. The maximum Gasteiger partial charge on any atom is 0.273 e. The van der Waals surface area contributed by atoms with Crippen LogP contribution in [0.1, 0.15) is 40.5 Å². The number of benzene rings is 1. The van der Waals surface area contributed by atoms with E-state index in [1.165, 1.54) is 18.3 Å². The Morgan fingerprint density at radius 2 is 2.00 bits per heavy atom. The standard InChI is InChI=1S/C18H21FN2O4/c1-2-7-20-18(24)16-17(23)15(9-22)13(8-21-16)11-25-10-12-3-5-14(19)6-4-12/h3-6,8,22-23H,2,7,9-11H2,1H3,(H,20,24). The van der Waals surface area contributed by atoms with E-state index >= 15 is 0 Å². The summed E-state index contributed by atoms with van der Waals surface area (Å²) >= 11 is 0. The molecule has 3 N–H and O–H groups in total. The number of aromatic nitrogens is 1. The molecule has 0 fully saturated rings. The number of rotatable bonds is 8. The minimum Gasteiger partial charge on any atom is -0.505 e. The van der Waals surface area contributed by atoms with E-state index in [2.05, 4.69) is 10.3 Å². The van der Waals surface area contributed by atoms with Crippen LogP contribution in [0.2, 0.25) is 0 Å². The van der Waals surface area contributed by atoms with Crippen molar-refractivity contribution in [2.75, 3.05) is 6.54 Å². The van der Waals surface area contributed by atoms with E-state index in [0.717, 1.165) is 12.0 Å². The lowest BCUT2D eigenvalue weighted by molar-refractivity contribution is 0.0942. The van der Waals surface area contributed by atoms with E-state index in [4.69, 9.17) is 4.74 Å². The fourth-order valence-corrected chi connectivity index (χ4v) is 2.23. The summed E-state index contributed by atoms with van der Waals surface area (Å²) in [6.45, 7) is 2.26. The van der Waals surface area contributed by atoms with Gasteiger partial charge in [-0.1, -0.05) is 19.1 Å². The van der Waals surface area contributed by atoms with Crippen LogP contribution in [-0.2, 0) is 24.6 Å². The first-order chi connectivity index (χ1) is 12.1. The van der Waals surface area contributed by atoms with Crippen molar-refractivity contribution in [2.24, 2.45) is 0 Å². The first-order valence-corrected chi connectivity index (χ1v) is 7.97. The maximum absolute atomic E-state index is 12.9. The van der Waals surface area contributed by atoms with E-state index < -0.39 is 12.5 Å². The highest BCUT2D eigenvalue weighted by molar-refractivity contribution is 5.95. The number of nitrogens with one attached hydrogen (secondary N) is 1. The molecule has 25 heavy (non-hydrogen) atoms. The summed E-state index contributed by atoms with van der Waals surface area (Å²) in [5.41, 5.74) is 1.35. The fraction of sp³-hybridized carbons (Fsp3) is 0.333. The van der Waals surface area contributed by atoms with Gasteiger partial charge in [0.2, 0.25) is 0 Å². The van der Waals surface area contributed by atoms with E-state index in [9.17, 15) is 19.4 Å². The molecule has 0 aliphatic carbocycles. The normalized spacial score (nSPS) is 10.7. The van der Waals surface area contributed by atoms with Crippen molar-refractivity contribution in [3.05, 3.63) is 58.7 Å². The SMILES string of the molecule is CCCNC(=O)c1ncc(COCc2ccc(F)cc2)c(CO)c1O. The molecule has 1 aromatic carbocycles. The molecule has 1 heterocycles. The van der Waals surface area contributed by atoms with Crippen LogP contribution in [0.4, 0.5) is 4.39 Å². The van der Waals surface area contributed by atoms with Crippen molar-refractivity contribution >= 4 is 5.91 Å².